The minimum Gasteiger partial charge on any atom is -0.494 e. The average molecular weight is 204 g/mol. The van der Waals surface area contributed by atoms with E-state index < -0.39 is 0 Å². The maximum absolute atomic E-state index is 9.76. The van der Waals surface area contributed by atoms with Crippen LogP contribution >= 0.6 is 0 Å². The van der Waals surface area contributed by atoms with Gasteiger partial charge in [-0.3, -0.25) is 4.40 Å². The molecule has 0 amide bonds. The van der Waals surface area contributed by atoms with Gasteiger partial charge in [0.05, 0.1) is 0 Å². The highest BCUT2D eigenvalue weighted by Gasteiger charge is 2.04. The SMILES string of the molecule is CN(C)CCc1ccc2cccc(O)n12. The van der Waals surface area contributed by atoms with E-state index >= 15 is 0 Å². The molecular weight excluding hydrogens is 188 g/mol. The predicted molar refractivity (Wildman–Crippen MR) is 61.3 cm³/mol. The molecule has 3 heteroatoms. The van der Waals surface area contributed by atoms with Crippen molar-refractivity contribution in [1.82, 2.24) is 9.30 Å². The monoisotopic (exact) mass is 204 g/mol. The Kier molecular flexibility index (Phi) is 2.64. The Morgan fingerprint density at radius 2 is 2.00 bits per heavy atom. The fraction of sp³-hybridized carbons (Fsp3) is 0.333. The molecule has 80 valence electrons. The Morgan fingerprint density at radius 3 is 2.73 bits per heavy atom. The van der Waals surface area contributed by atoms with E-state index in [0.717, 1.165) is 24.2 Å². The summed E-state index contributed by atoms with van der Waals surface area (Å²) in [5.74, 6) is 0.311. The number of nitrogens with zero attached hydrogens (tertiary/aromatic N) is 2. The van der Waals surface area contributed by atoms with Crippen LogP contribution in [0.2, 0.25) is 0 Å². The molecule has 1 N–H and O–H groups in total. The summed E-state index contributed by atoms with van der Waals surface area (Å²) in [5.41, 5.74) is 2.19. The van der Waals surface area contributed by atoms with Gasteiger partial charge in [0.25, 0.3) is 0 Å². The number of fused-ring (bicyclic) bond motifs is 1. The first kappa shape index (κ1) is 10.1. The second kappa shape index (κ2) is 3.95. The molecule has 0 saturated carbocycles. The second-order valence-electron chi connectivity index (χ2n) is 4.02. The number of likely N-dealkylation sites (N-methyl/N-ethyl adjacent to an activating group) is 1. The second-order valence-corrected chi connectivity index (χ2v) is 4.02. The van der Waals surface area contributed by atoms with Crippen LogP contribution in [0.3, 0.4) is 0 Å². The Morgan fingerprint density at radius 1 is 1.20 bits per heavy atom. The lowest BCUT2D eigenvalue weighted by Gasteiger charge is -2.10. The van der Waals surface area contributed by atoms with E-state index in [1.54, 1.807) is 6.07 Å². The van der Waals surface area contributed by atoms with E-state index in [1.165, 1.54) is 0 Å². The van der Waals surface area contributed by atoms with Crippen LogP contribution in [0, 0.1) is 0 Å². The first-order valence-corrected chi connectivity index (χ1v) is 5.11. The number of aromatic nitrogens is 1. The van der Waals surface area contributed by atoms with Crippen LogP contribution in [0.1, 0.15) is 5.69 Å². The van der Waals surface area contributed by atoms with Crippen molar-refractivity contribution in [2.75, 3.05) is 20.6 Å². The van der Waals surface area contributed by atoms with E-state index in [9.17, 15) is 5.11 Å². The topological polar surface area (TPSA) is 27.9 Å². The smallest absolute Gasteiger partial charge is 0.195 e. The van der Waals surface area contributed by atoms with Gasteiger partial charge in [-0.1, -0.05) is 6.07 Å². The fourth-order valence-corrected chi connectivity index (χ4v) is 1.75. The molecule has 0 spiro atoms. The molecule has 0 aliphatic rings. The molecule has 2 aromatic rings. The van der Waals surface area contributed by atoms with Crippen LogP contribution in [-0.2, 0) is 6.42 Å². The van der Waals surface area contributed by atoms with Gasteiger partial charge in [0, 0.05) is 24.2 Å². The summed E-state index contributed by atoms with van der Waals surface area (Å²) in [5, 5.41) is 9.76. The number of hydrogen-bond acceptors (Lipinski definition) is 2. The van der Waals surface area contributed by atoms with Gasteiger partial charge < -0.3 is 10.0 Å². The van der Waals surface area contributed by atoms with Crippen molar-refractivity contribution in [3.8, 4) is 5.88 Å². The van der Waals surface area contributed by atoms with Gasteiger partial charge in [-0.2, -0.15) is 0 Å². The number of hydrogen-bond donors (Lipinski definition) is 1. The molecule has 3 nitrogen and oxygen atoms in total. The lowest BCUT2D eigenvalue weighted by molar-refractivity contribution is 0.406. The Hall–Kier alpha value is -1.48. The molecule has 0 aliphatic carbocycles. The van der Waals surface area contributed by atoms with Crippen molar-refractivity contribution < 1.29 is 5.11 Å². The van der Waals surface area contributed by atoms with Crippen molar-refractivity contribution >= 4 is 5.52 Å². The van der Waals surface area contributed by atoms with Crippen LogP contribution in [0.25, 0.3) is 5.52 Å². The first-order chi connectivity index (χ1) is 7.18. The quantitative estimate of drug-likeness (QED) is 0.825. The van der Waals surface area contributed by atoms with Gasteiger partial charge in [-0.25, -0.2) is 0 Å². The lowest BCUT2D eigenvalue weighted by Crippen LogP contribution is -2.15. The highest BCUT2D eigenvalue weighted by Crippen LogP contribution is 2.18. The van der Waals surface area contributed by atoms with Crippen molar-refractivity contribution in [2.24, 2.45) is 0 Å². The van der Waals surface area contributed by atoms with E-state index in [0.29, 0.717) is 5.88 Å². The summed E-state index contributed by atoms with van der Waals surface area (Å²) in [6, 6.07) is 9.68. The van der Waals surface area contributed by atoms with E-state index in [1.807, 2.05) is 22.6 Å². The predicted octanol–water partition coefficient (Wildman–Crippen LogP) is 1.75. The van der Waals surface area contributed by atoms with Gasteiger partial charge in [-0.05, 0) is 38.4 Å². The molecule has 2 rings (SSSR count). The molecule has 0 unspecified atom stereocenters. The lowest BCUT2D eigenvalue weighted by atomic mass is 10.3. The van der Waals surface area contributed by atoms with Crippen molar-refractivity contribution in [3.63, 3.8) is 0 Å². The molecule has 0 aromatic carbocycles. The molecule has 0 bridgehead atoms. The maximum atomic E-state index is 9.76. The maximum Gasteiger partial charge on any atom is 0.195 e. The molecule has 2 heterocycles. The van der Waals surface area contributed by atoms with Crippen LogP contribution in [0.5, 0.6) is 5.88 Å². The molecule has 0 atom stereocenters. The van der Waals surface area contributed by atoms with Crippen molar-refractivity contribution in [2.45, 2.75) is 6.42 Å². The average Bonchev–Trinajstić information content (AvgIpc) is 2.59. The van der Waals surface area contributed by atoms with Crippen LogP contribution in [0.15, 0.2) is 30.3 Å². The summed E-state index contributed by atoms with van der Waals surface area (Å²) >= 11 is 0. The Labute approximate surface area is 89.6 Å². The molecular formula is C12H16N2O. The van der Waals surface area contributed by atoms with Gasteiger partial charge in [0.2, 0.25) is 0 Å². The number of aromatic hydroxyl groups is 1. The summed E-state index contributed by atoms with van der Waals surface area (Å²) in [7, 11) is 4.10. The molecule has 15 heavy (non-hydrogen) atoms. The van der Waals surface area contributed by atoms with Gasteiger partial charge >= 0.3 is 0 Å². The minimum absolute atomic E-state index is 0.311. The zero-order valence-electron chi connectivity index (χ0n) is 9.14. The van der Waals surface area contributed by atoms with Crippen LogP contribution < -0.4 is 0 Å². The minimum atomic E-state index is 0.311. The molecule has 2 aromatic heterocycles. The zero-order chi connectivity index (χ0) is 10.8. The van der Waals surface area contributed by atoms with Crippen LogP contribution in [-0.4, -0.2) is 35.0 Å². The normalized spacial score (nSPS) is 11.4. The summed E-state index contributed by atoms with van der Waals surface area (Å²) in [4.78, 5) is 2.14. The van der Waals surface area contributed by atoms with Gasteiger partial charge in [0.15, 0.2) is 5.88 Å². The standard InChI is InChI=1S/C12H16N2O/c1-13(2)9-8-11-7-6-10-4-3-5-12(15)14(10)11/h3-7,15H,8-9H2,1-2H3. The Balaban J connectivity index is 2.35. The molecule has 0 fully saturated rings. The Bertz CT molecular complexity index is 460. The molecule has 0 aliphatic heterocycles. The van der Waals surface area contributed by atoms with Gasteiger partial charge in [0.1, 0.15) is 0 Å². The van der Waals surface area contributed by atoms with Crippen LogP contribution in [0.4, 0.5) is 0 Å². The van der Waals surface area contributed by atoms with E-state index in [-0.39, 0.29) is 0 Å². The number of rotatable bonds is 3. The molecule has 0 radical (unpaired) electrons. The highest BCUT2D eigenvalue weighted by atomic mass is 16.3. The third-order valence-corrected chi connectivity index (χ3v) is 2.55. The van der Waals surface area contributed by atoms with E-state index in [4.69, 9.17) is 0 Å². The van der Waals surface area contributed by atoms with Gasteiger partial charge in [-0.15, -0.1) is 0 Å². The third-order valence-electron chi connectivity index (χ3n) is 2.55. The number of pyridine rings is 1. The largest absolute Gasteiger partial charge is 0.494 e. The summed E-state index contributed by atoms with van der Waals surface area (Å²) in [6.07, 6.45) is 0.943. The third kappa shape index (κ3) is 1.97. The summed E-state index contributed by atoms with van der Waals surface area (Å²) in [6.45, 7) is 0.987. The first-order valence-electron chi connectivity index (χ1n) is 5.11. The summed E-state index contributed by atoms with van der Waals surface area (Å²) < 4.78 is 1.89. The fourth-order valence-electron chi connectivity index (χ4n) is 1.75. The van der Waals surface area contributed by atoms with E-state index in [2.05, 4.69) is 25.1 Å². The highest BCUT2D eigenvalue weighted by molar-refractivity contribution is 5.52. The van der Waals surface area contributed by atoms with Crippen molar-refractivity contribution in [3.05, 3.63) is 36.0 Å². The van der Waals surface area contributed by atoms with Crippen molar-refractivity contribution in [1.29, 1.82) is 0 Å². The molecule has 0 saturated heterocycles. The zero-order valence-corrected chi connectivity index (χ0v) is 9.14.